The lowest BCUT2D eigenvalue weighted by molar-refractivity contribution is -0.114. The van der Waals surface area contributed by atoms with Crippen molar-refractivity contribution in [2.45, 2.75) is 12.5 Å². The highest BCUT2D eigenvalue weighted by atomic mass is 32.2. The van der Waals surface area contributed by atoms with E-state index in [1.165, 1.54) is 0 Å². The molecule has 1 unspecified atom stereocenters. The predicted molar refractivity (Wildman–Crippen MR) is 99.1 cm³/mol. The second-order valence-corrected chi connectivity index (χ2v) is 7.01. The van der Waals surface area contributed by atoms with Crippen molar-refractivity contribution in [1.29, 1.82) is 0 Å². The van der Waals surface area contributed by atoms with Gasteiger partial charge in [0.25, 0.3) is 5.91 Å². The first-order chi connectivity index (χ1) is 12.3. The van der Waals surface area contributed by atoms with Crippen molar-refractivity contribution in [3.05, 3.63) is 54.2 Å². The maximum Gasteiger partial charge on any atom is 0.252 e. The molecule has 2 aromatic rings. The number of thioether (sulfide) groups is 1. The first-order valence-corrected chi connectivity index (χ1v) is 9.36. The number of carbonyl (C=O) groups excluding carboxylic acids is 1. The summed E-state index contributed by atoms with van der Waals surface area (Å²) in [4.78, 5) is 19.1. The summed E-state index contributed by atoms with van der Waals surface area (Å²) in [5.74, 6) is 4.12. The summed E-state index contributed by atoms with van der Waals surface area (Å²) < 4.78 is 10.7. The number of hydrogen-bond acceptors (Lipinski definition) is 5. The van der Waals surface area contributed by atoms with Gasteiger partial charge in [0.1, 0.15) is 5.82 Å². The van der Waals surface area contributed by atoms with Crippen molar-refractivity contribution in [2.24, 2.45) is 0 Å². The molecule has 0 aliphatic carbocycles. The van der Waals surface area contributed by atoms with E-state index in [2.05, 4.69) is 4.98 Å². The Kier molecular flexibility index (Phi) is 4.61. The molecule has 1 aromatic heterocycles. The van der Waals surface area contributed by atoms with Gasteiger partial charge in [-0.2, -0.15) is 11.8 Å². The first-order valence-electron chi connectivity index (χ1n) is 8.21. The van der Waals surface area contributed by atoms with Gasteiger partial charge in [0.2, 0.25) is 6.79 Å². The quantitative estimate of drug-likeness (QED) is 0.788. The Bertz CT molecular complexity index is 789. The number of ether oxygens (including phenoxy) is 2. The lowest BCUT2D eigenvalue weighted by atomic mass is 10.1. The largest absolute Gasteiger partial charge is 0.454 e. The number of fused-ring (bicyclic) bond motifs is 1. The maximum absolute atomic E-state index is 12.9. The van der Waals surface area contributed by atoms with Crippen LogP contribution < -0.4 is 14.4 Å². The van der Waals surface area contributed by atoms with Crippen LogP contribution >= 0.6 is 11.8 Å². The molecule has 2 aliphatic rings. The molecule has 0 saturated carbocycles. The van der Waals surface area contributed by atoms with Crippen LogP contribution in [-0.4, -0.2) is 35.2 Å². The topological polar surface area (TPSA) is 51.7 Å². The molecule has 0 spiro atoms. The van der Waals surface area contributed by atoms with Crippen LogP contribution in [-0.2, 0) is 4.79 Å². The van der Waals surface area contributed by atoms with E-state index in [0.29, 0.717) is 11.6 Å². The minimum Gasteiger partial charge on any atom is -0.454 e. The summed E-state index contributed by atoms with van der Waals surface area (Å²) in [6.07, 6.45) is 6.13. The number of benzene rings is 1. The van der Waals surface area contributed by atoms with Crippen LogP contribution in [0.15, 0.2) is 48.7 Å². The van der Waals surface area contributed by atoms with Crippen LogP contribution in [0.25, 0.3) is 6.08 Å². The van der Waals surface area contributed by atoms with Crippen LogP contribution in [0.1, 0.15) is 12.0 Å². The summed E-state index contributed by atoms with van der Waals surface area (Å²) in [5, 5.41) is 0. The SMILES string of the molecule is O=C(C=Cc1ccc2c(c1)OCO2)N(c1ccccn1)C1CCSC1. The second-order valence-electron chi connectivity index (χ2n) is 5.86. The first kappa shape index (κ1) is 16.0. The highest BCUT2D eigenvalue weighted by Gasteiger charge is 2.28. The molecule has 3 heterocycles. The summed E-state index contributed by atoms with van der Waals surface area (Å²) in [6.45, 7) is 0.244. The zero-order chi connectivity index (χ0) is 17.1. The third kappa shape index (κ3) is 3.49. The second kappa shape index (κ2) is 7.19. The van der Waals surface area contributed by atoms with Gasteiger partial charge in [-0.05, 0) is 48.1 Å². The average Bonchev–Trinajstić information content (AvgIpc) is 3.32. The molecular formula is C19H18N2O3S. The minimum atomic E-state index is -0.0520. The molecule has 2 aliphatic heterocycles. The molecule has 0 bridgehead atoms. The summed E-state index contributed by atoms with van der Waals surface area (Å²) in [6, 6.07) is 11.5. The normalized spacial score (nSPS) is 18.6. The van der Waals surface area contributed by atoms with Crippen LogP contribution in [0.2, 0.25) is 0 Å². The number of pyridine rings is 1. The van der Waals surface area contributed by atoms with E-state index >= 15 is 0 Å². The number of anilines is 1. The van der Waals surface area contributed by atoms with Crippen molar-refractivity contribution in [3.8, 4) is 11.5 Å². The van der Waals surface area contributed by atoms with Gasteiger partial charge in [-0.3, -0.25) is 9.69 Å². The highest BCUT2D eigenvalue weighted by Crippen LogP contribution is 2.33. The van der Waals surface area contributed by atoms with E-state index in [4.69, 9.17) is 9.47 Å². The molecule has 1 saturated heterocycles. The number of nitrogens with zero attached hydrogens (tertiary/aromatic N) is 2. The number of hydrogen-bond donors (Lipinski definition) is 0. The Morgan fingerprint density at radius 3 is 2.96 bits per heavy atom. The molecule has 4 rings (SSSR count). The zero-order valence-electron chi connectivity index (χ0n) is 13.6. The third-order valence-electron chi connectivity index (χ3n) is 4.22. The molecule has 25 heavy (non-hydrogen) atoms. The van der Waals surface area contributed by atoms with Crippen molar-refractivity contribution in [1.82, 2.24) is 4.98 Å². The lowest BCUT2D eigenvalue weighted by Crippen LogP contribution is -2.40. The monoisotopic (exact) mass is 354 g/mol. The van der Waals surface area contributed by atoms with Gasteiger partial charge in [-0.25, -0.2) is 4.98 Å². The fourth-order valence-electron chi connectivity index (χ4n) is 2.97. The van der Waals surface area contributed by atoms with Crippen molar-refractivity contribution in [2.75, 3.05) is 23.2 Å². The van der Waals surface area contributed by atoms with E-state index in [9.17, 15) is 4.79 Å². The number of carbonyl (C=O) groups is 1. The smallest absolute Gasteiger partial charge is 0.252 e. The average molecular weight is 354 g/mol. The molecule has 6 heteroatoms. The highest BCUT2D eigenvalue weighted by molar-refractivity contribution is 7.99. The minimum absolute atomic E-state index is 0.0520. The van der Waals surface area contributed by atoms with Crippen LogP contribution in [0.4, 0.5) is 5.82 Å². The van der Waals surface area contributed by atoms with E-state index in [0.717, 1.165) is 29.2 Å². The van der Waals surface area contributed by atoms with Gasteiger partial charge in [0, 0.05) is 24.1 Å². The van der Waals surface area contributed by atoms with Crippen molar-refractivity contribution >= 4 is 29.6 Å². The standard InChI is InChI=1S/C19H18N2O3S/c22-19(7-5-14-4-6-16-17(11-14)24-13-23-16)21(15-8-10-25-12-15)18-3-1-2-9-20-18/h1-7,9,11,15H,8,10,12-13H2. The van der Waals surface area contributed by atoms with Crippen LogP contribution in [0.3, 0.4) is 0 Å². The Hall–Kier alpha value is -2.47. The Morgan fingerprint density at radius 1 is 1.24 bits per heavy atom. The molecule has 5 nitrogen and oxygen atoms in total. The Balaban J connectivity index is 1.56. The van der Waals surface area contributed by atoms with Gasteiger partial charge in [0.05, 0.1) is 0 Å². The fourth-order valence-corrected chi connectivity index (χ4v) is 4.16. The molecule has 0 N–H and O–H groups in total. The maximum atomic E-state index is 12.9. The van der Waals surface area contributed by atoms with Crippen LogP contribution in [0, 0.1) is 0 Å². The number of aromatic nitrogens is 1. The van der Waals surface area contributed by atoms with Gasteiger partial charge < -0.3 is 9.47 Å². The Morgan fingerprint density at radius 2 is 2.16 bits per heavy atom. The van der Waals surface area contributed by atoms with Gasteiger partial charge in [0.15, 0.2) is 11.5 Å². The van der Waals surface area contributed by atoms with Crippen molar-refractivity contribution in [3.63, 3.8) is 0 Å². The Labute approximate surface area is 150 Å². The molecule has 1 fully saturated rings. The summed E-state index contributed by atoms with van der Waals surface area (Å²) in [7, 11) is 0. The fraction of sp³-hybridized carbons (Fsp3) is 0.263. The molecule has 1 amide bonds. The molecular weight excluding hydrogens is 336 g/mol. The molecule has 1 atom stereocenters. The van der Waals surface area contributed by atoms with E-state index in [1.54, 1.807) is 12.3 Å². The number of rotatable bonds is 4. The zero-order valence-corrected chi connectivity index (χ0v) is 14.4. The predicted octanol–water partition coefficient (Wildman–Crippen LogP) is 3.36. The molecule has 128 valence electrons. The van der Waals surface area contributed by atoms with E-state index < -0.39 is 0 Å². The van der Waals surface area contributed by atoms with Crippen molar-refractivity contribution < 1.29 is 14.3 Å². The summed E-state index contributed by atoms with van der Waals surface area (Å²) in [5.41, 5.74) is 0.902. The van der Waals surface area contributed by atoms with Gasteiger partial charge >= 0.3 is 0 Å². The molecule has 1 aromatic carbocycles. The van der Waals surface area contributed by atoms with E-state index in [1.807, 2.05) is 59.1 Å². The number of amides is 1. The molecule has 0 radical (unpaired) electrons. The lowest BCUT2D eigenvalue weighted by Gasteiger charge is -2.26. The van der Waals surface area contributed by atoms with Gasteiger partial charge in [-0.1, -0.05) is 12.1 Å². The third-order valence-corrected chi connectivity index (χ3v) is 5.36. The summed E-state index contributed by atoms with van der Waals surface area (Å²) >= 11 is 1.87. The van der Waals surface area contributed by atoms with Crippen LogP contribution in [0.5, 0.6) is 11.5 Å². The van der Waals surface area contributed by atoms with E-state index in [-0.39, 0.29) is 18.7 Å². The van der Waals surface area contributed by atoms with Gasteiger partial charge in [-0.15, -0.1) is 0 Å².